The molecule has 0 aromatic heterocycles. The van der Waals surface area contributed by atoms with Gasteiger partial charge in [-0.25, -0.2) is 8.42 Å². The maximum absolute atomic E-state index is 13.2. The fourth-order valence-corrected chi connectivity index (χ4v) is 4.92. The van der Waals surface area contributed by atoms with Crippen LogP contribution < -0.4 is 24.2 Å². The van der Waals surface area contributed by atoms with Crippen molar-refractivity contribution < 1.29 is 27.4 Å². The van der Waals surface area contributed by atoms with Gasteiger partial charge < -0.3 is 19.5 Å². The maximum atomic E-state index is 13.2. The Balaban J connectivity index is 1.92. The number of hydrogen-bond acceptors (Lipinski definition) is 6. The topological polar surface area (TPSA) is 103 Å². The third-order valence-corrected chi connectivity index (χ3v) is 6.69. The number of nitrogens with one attached hydrogen (secondary N) is 2. The van der Waals surface area contributed by atoms with Crippen molar-refractivity contribution in [3.63, 3.8) is 0 Å². The van der Waals surface area contributed by atoms with Crippen LogP contribution in [0.15, 0.2) is 71.6 Å². The number of methoxy groups -OCH3 is 3. The Hall–Kier alpha value is -3.27. The molecule has 0 spiro atoms. The molecule has 3 rings (SSSR count). The molecular formula is C24H25ClN2O6S. The molecule has 1 amide bonds. The summed E-state index contributed by atoms with van der Waals surface area (Å²) in [5.74, 6) is 0.468. The Kier molecular flexibility index (Phi) is 8.38. The number of sulfonamides is 1. The monoisotopic (exact) mass is 504 g/mol. The molecule has 34 heavy (non-hydrogen) atoms. The number of carbonyl (C=O) groups is 1. The van der Waals surface area contributed by atoms with Crippen LogP contribution in [0.1, 0.15) is 5.56 Å². The molecule has 3 aromatic rings. The lowest BCUT2D eigenvalue weighted by Gasteiger charge is -2.20. The number of hydrogen-bond donors (Lipinski definition) is 2. The van der Waals surface area contributed by atoms with Gasteiger partial charge in [0, 0.05) is 16.8 Å². The van der Waals surface area contributed by atoms with Crippen LogP contribution in [0.2, 0.25) is 5.02 Å². The van der Waals surface area contributed by atoms with E-state index >= 15 is 0 Å². The molecule has 0 radical (unpaired) electrons. The van der Waals surface area contributed by atoms with Crippen LogP contribution in [0.4, 0.5) is 5.69 Å². The Morgan fingerprint density at radius 1 is 0.882 bits per heavy atom. The van der Waals surface area contributed by atoms with Crippen LogP contribution >= 0.6 is 11.6 Å². The van der Waals surface area contributed by atoms with Crippen LogP contribution in [0.3, 0.4) is 0 Å². The minimum Gasteiger partial charge on any atom is -0.495 e. The number of rotatable bonds is 10. The average molecular weight is 505 g/mol. The molecule has 0 saturated heterocycles. The lowest BCUT2D eigenvalue weighted by molar-refractivity contribution is -0.117. The highest BCUT2D eigenvalue weighted by Gasteiger charge is 2.29. The van der Waals surface area contributed by atoms with E-state index in [2.05, 4.69) is 10.0 Å². The first-order valence-corrected chi connectivity index (χ1v) is 12.1. The zero-order valence-electron chi connectivity index (χ0n) is 18.9. The smallest absolute Gasteiger partial charge is 0.245 e. The van der Waals surface area contributed by atoms with Gasteiger partial charge in [0.2, 0.25) is 15.9 Å². The van der Waals surface area contributed by atoms with Gasteiger partial charge in [0.1, 0.15) is 16.7 Å². The Morgan fingerprint density at radius 3 is 2.18 bits per heavy atom. The van der Waals surface area contributed by atoms with Crippen LogP contribution in [-0.2, 0) is 21.2 Å². The van der Waals surface area contributed by atoms with Crippen molar-refractivity contribution in [3.05, 3.63) is 77.3 Å². The molecule has 0 bridgehead atoms. The lowest BCUT2D eigenvalue weighted by atomic mass is 10.1. The molecular weight excluding hydrogens is 480 g/mol. The average Bonchev–Trinajstić information content (AvgIpc) is 2.84. The van der Waals surface area contributed by atoms with Gasteiger partial charge in [0.15, 0.2) is 11.5 Å². The number of amides is 1. The molecule has 0 saturated carbocycles. The van der Waals surface area contributed by atoms with Gasteiger partial charge in [-0.3, -0.25) is 4.79 Å². The van der Waals surface area contributed by atoms with Gasteiger partial charge >= 0.3 is 0 Å². The van der Waals surface area contributed by atoms with E-state index in [0.717, 1.165) is 5.56 Å². The summed E-state index contributed by atoms with van der Waals surface area (Å²) in [4.78, 5) is 13.1. The predicted molar refractivity (Wildman–Crippen MR) is 130 cm³/mol. The molecule has 0 aliphatic carbocycles. The van der Waals surface area contributed by atoms with Gasteiger partial charge in [-0.1, -0.05) is 41.9 Å². The van der Waals surface area contributed by atoms with Crippen molar-refractivity contribution in [2.45, 2.75) is 17.4 Å². The van der Waals surface area contributed by atoms with Gasteiger partial charge in [-0.2, -0.15) is 4.72 Å². The van der Waals surface area contributed by atoms with E-state index < -0.39 is 22.0 Å². The summed E-state index contributed by atoms with van der Waals surface area (Å²) < 4.78 is 44.7. The molecule has 2 N–H and O–H groups in total. The number of anilines is 1. The highest BCUT2D eigenvalue weighted by Crippen LogP contribution is 2.30. The zero-order valence-corrected chi connectivity index (χ0v) is 20.4. The fourth-order valence-electron chi connectivity index (χ4n) is 3.29. The second kappa shape index (κ2) is 11.2. The zero-order chi connectivity index (χ0) is 24.7. The molecule has 0 heterocycles. The SMILES string of the molecule is COc1ccc(NC(=O)[C@@H](Cc2ccccc2)NS(=O)(=O)c2cc(Cl)ccc2OC)cc1OC. The Bertz CT molecular complexity index is 1250. The summed E-state index contributed by atoms with van der Waals surface area (Å²) >= 11 is 6.02. The number of benzene rings is 3. The van der Waals surface area contributed by atoms with Crippen LogP contribution in [-0.4, -0.2) is 41.7 Å². The molecule has 0 fully saturated rings. The first-order valence-electron chi connectivity index (χ1n) is 10.2. The third-order valence-electron chi connectivity index (χ3n) is 4.96. The summed E-state index contributed by atoms with van der Waals surface area (Å²) in [6.45, 7) is 0. The fraction of sp³-hybridized carbons (Fsp3) is 0.208. The van der Waals surface area contributed by atoms with Crippen molar-refractivity contribution in [1.82, 2.24) is 4.72 Å². The van der Waals surface area contributed by atoms with E-state index in [1.165, 1.54) is 39.5 Å². The van der Waals surface area contributed by atoms with E-state index in [9.17, 15) is 13.2 Å². The Morgan fingerprint density at radius 2 is 1.53 bits per heavy atom. The normalized spacial score (nSPS) is 12.0. The number of carbonyl (C=O) groups excluding carboxylic acids is 1. The third kappa shape index (κ3) is 6.19. The molecule has 180 valence electrons. The summed E-state index contributed by atoms with van der Waals surface area (Å²) in [6, 6.07) is 17.1. The van der Waals surface area contributed by atoms with Crippen LogP contribution in [0, 0.1) is 0 Å². The predicted octanol–water partition coefficient (Wildman–Crippen LogP) is 3.89. The quantitative estimate of drug-likeness (QED) is 0.434. The molecule has 1 atom stereocenters. The summed E-state index contributed by atoms with van der Waals surface area (Å²) in [6.07, 6.45) is 0.113. The molecule has 0 aliphatic heterocycles. The second-order valence-corrected chi connectivity index (χ2v) is 9.34. The van der Waals surface area contributed by atoms with Crippen molar-refractivity contribution >= 4 is 33.2 Å². The van der Waals surface area contributed by atoms with E-state index in [1.807, 2.05) is 30.3 Å². The van der Waals surface area contributed by atoms with Gasteiger partial charge in [-0.05, 0) is 42.3 Å². The van der Waals surface area contributed by atoms with E-state index in [1.54, 1.807) is 18.2 Å². The van der Waals surface area contributed by atoms with Crippen molar-refractivity contribution in [2.24, 2.45) is 0 Å². The highest BCUT2D eigenvalue weighted by atomic mass is 35.5. The number of ether oxygens (including phenoxy) is 3. The summed E-state index contributed by atoms with van der Waals surface area (Å²) in [5, 5.41) is 2.96. The second-order valence-electron chi connectivity index (χ2n) is 7.22. The minimum atomic E-state index is -4.17. The summed E-state index contributed by atoms with van der Waals surface area (Å²) in [7, 11) is 0.169. The van der Waals surface area contributed by atoms with E-state index in [-0.39, 0.29) is 22.1 Å². The van der Waals surface area contributed by atoms with Crippen molar-refractivity contribution in [1.29, 1.82) is 0 Å². The molecule has 8 nitrogen and oxygen atoms in total. The molecule has 0 aliphatic rings. The Labute approximate surface area is 203 Å². The molecule has 0 unspecified atom stereocenters. The minimum absolute atomic E-state index is 0.107. The van der Waals surface area contributed by atoms with E-state index in [0.29, 0.717) is 17.2 Å². The molecule has 10 heteroatoms. The largest absolute Gasteiger partial charge is 0.495 e. The van der Waals surface area contributed by atoms with E-state index in [4.69, 9.17) is 25.8 Å². The van der Waals surface area contributed by atoms with Crippen LogP contribution in [0.25, 0.3) is 0 Å². The van der Waals surface area contributed by atoms with Gasteiger partial charge in [-0.15, -0.1) is 0 Å². The number of halogens is 1. The first kappa shape index (κ1) is 25.4. The van der Waals surface area contributed by atoms with Crippen molar-refractivity contribution in [3.8, 4) is 17.2 Å². The van der Waals surface area contributed by atoms with Gasteiger partial charge in [0.05, 0.1) is 21.3 Å². The van der Waals surface area contributed by atoms with Gasteiger partial charge in [0.25, 0.3) is 0 Å². The lowest BCUT2D eigenvalue weighted by Crippen LogP contribution is -2.45. The maximum Gasteiger partial charge on any atom is 0.245 e. The standard InChI is InChI=1S/C24H25ClN2O6S/c1-31-20-12-10-18(15-22(20)33-3)26-24(28)19(13-16-7-5-4-6-8-16)27-34(29,30)23-14-17(25)9-11-21(23)32-2/h4-12,14-15,19,27H,13H2,1-3H3,(H,26,28)/t19-/m1/s1. The first-order chi connectivity index (χ1) is 16.3. The summed E-state index contributed by atoms with van der Waals surface area (Å²) in [5.41, 5.74) is 1.19. The van der Waals surface area contributed by atoms with Crippen LogP contribution in [0.5, 0.6) is 17.2 Å². The molecule has 3 aromatic carbocycles. The highest BCUT2D eigenvalue weighted by molar-refractivity contribution is 7.89. The van der Waals surface area contributed by atoms with Crippen molar-refractivity contribution in [2.75, 3.05) is 26.6 Å².